The summed E-state index contributed by atoms with van der Waals surface area (Å²) in [5.74, 6) is 1.49. The molecule has 5 nitrogen and oxygen atoms in total. The van der Waals surface area contributed by atoms with Gasteiger partial charge in [0, 0.05) is 11.6 Å². The first-order valence-electron chi connectivity index (χ1n) is 7.93. The molecule has 1 saturated carbocycles. The second-order valence-corrected chi connectivity index (χ2v) is 5.78. The first-order valence-corrected chi connectivity index (χ1v) is 7.93. The largest absolute Gasteiger partial charge is 0.497 e. The zero-order chi connectivity index (χ0) is 15.9. The van der Waals surface area contributed by atoms with Crippen molar-refractivity contribution in [1.29, 1.82) is 0 Å². The van der Waals surface area contributed by atoms with Gasteiger partial charge in [-0.05, 0) is 38.0 Å². The Bertz CT molecular complexity index is 499. The molecule has 22 heavy (non-hydrogen) atoms. The third-order valence-electron chi connectivity index (χ3n) is 4.19. The molecule has 0 saturated heterocycles. The number of nitrogens with one attached hydrogen (secondary N) is 2. The Labute approximate surface area is 132 Å². The van der Waals surface area contributed by atoms with Gasteiger partial charge in [-0.15, -0.1) is 0 Å². The molecule has 1 aliphatic rings. The molecule has 2 rings (SSSR count). The minimum Gasteiger partial charge on any atom is -0.497 e. The average molecular weight is 306 g/mol. The minimum atomic E-state index is -0.159. The van der Waals surface area contributed by atoms with Gasteiger partial charge in [0.25, 0.3) is 0 Å². The lowest BCUT2D eigenvalue weighted by Gasteiger charge is -2.24. The van der Waals surface area contributed by atoms with Gasteiger partial charge in [-0.25, -0.2) is 4.79 Å². The SMILES string of the molecule is COc1ccc(OC)c([C@H](C)NC(=O)NC2CCCCC2)c1. The monoisotopic (exact) mass is 306 g/mol. The van der Waals surface area contributed by atoms with Crippen molar-refractivity contribution in [1.82, 2.24) is 10.6 Å². The molecule has 0 aromatic heterocycles. The molecule has 0 spiro atoms. The van der Waals surface area contributed by atoms with Crippen molar-refractivity contribution in [2.45, 2.75) is 51.1 Å². The van der Waals surface area contributed by atoms with Crippen LogP contribution in [0.5, 0.6) is 11.5 Å². The van der Waals surface area contributed by atoms with Crippen LogP contribution in [-0.4, -0.2) is 26.3 Å². The van der Waals surface area contributed by atoms with Crippen LogP contribution < -0.4 is 20.1 Å². The van der Waals surface area contributed by atoms with Crippen molar-refractivity contribution in [3.05, 3.63) is 23.8 Å². The van der Waals surface area contributed by atoms with E-state index in [9.17, 15) is 4.79 Å². The Hall–Kier alpha value is -1.91. The third kappa shape index (κ3) is 4.29. The number of hydrogen-bond donors (Lipinski definition) is 2. The summed E-state index contributed by atoms with van der Waals surface area (Å²) in [4.78, 5) is 12.2. The summed E-state index contributed by atoms with van der Waals surface area (Å²) < 4.78 is 10.6. The summed E-state index contributed by atoms with van der Waals surface area (Å²) in [6.07, 6.45) is 5.82. The van der Waals surface area contributed by atoms with Gasteiger partial charge in [0.05, 0.1) is 20.3 Å². The van der Waals surface area contributed by atoms with Crippen LogP contribution >= 0.6 is 0 Å². The van der Waals surface area contributed by atoms with E-state index >= 15 is 0 Å². The number of benzene rings is 1. The number of carbonyl (C=O) groups is 1. The van der Waals surface area contributed by atoms with Crippen LogP contribution in [-0.2, 0) is 0 Å². The molecular formula is C17H26N2O3. The molecule has 1 aliphatic carbocycles. The molecule has 2 amide bonds. The van der Waals surface area contributed by atoms with Crippen LogP contribution in [0.3, 0.4) is 0 Å². The number of carbonyl (C=O) groups excluding carboxylic acids is 1. The van der Waals surface area contributed by atoms with Crippen molar-refractivity contribution in [2.75, 3.05) is 14.2 Å². The standard InChI is InChI=1S/C17H26N2O3/c1-12(15-11-14(21-2)9-10-16(15)22-3)18-17(20)19-13-7-5-4-6-8-13/h9-13H,4-8H2,1-3H3,(H2,18,19,20)/t12-/m0/s1. The predicted molar refractivity (Wildman–Crippen MR) is 86.5 cm³/mol. The molecule has 0 radical (unpaired) electrons. The number of methoxy groups -OCH3 is 2. The van der Waals surface area contributed by atoms with Gasteiger partial charge < -0.3 is 20.1 Å². The minimum absolute atomic E-state index is 0.121. The number of urea groups is 1. The van der Waals surface area contributed by atoms with E-state index in [2.05, 4.69) is 10.6 Å². The van der Waals surface area contributed by atoms with E-state index in [1.165, 1.54) is 19.3 Å². The zero-order valence-electron chi connectivity index (χ0n) is 13.6. The highest BCUT2D eigenvalue weighted by molar-refractivity contribution is 5.75. The molecular weight excluding hydrogens is 280 g/mol. The molecule has 0 bridgehead atoms. The Balaban J connectivity index is 1.98. The van der Waals surface area contributed by atoms with Crippen LogP contribution in [0.2, 0.25) is 0 Å². The molecule has 0 aliphatic heterocycles. The highest BCUT2D eigenvalue weighted by Gasteiger charge is 2.19. The first kappa shape index (κ1) is 16.5. The fraction of sp³-hybridized carbons (Fsp3) is 0.588. The van der Waals surface area contributed by atoms with Crippen LogP contribution in [0.1, 0.15) is 50.6 Å². The molecule has 1 fully saturated rings. The highest BCUT2D eigenvalue weighted by atomic mass is 16.5. The quantitative estimate of drug-likeness (QED) is 0.876. The van der Waals surface area contributed by atoms with Gasteiger partial charge in [-0.2, -0.15) is 0 Å². The first-order chi connectivity index (χ1) is 10.6. The van der Waals surface area contributed by atoms with Crippen molar-refractivity contribution >= 4 is 6.03 Å². The molecule has 122 valence electrons. The molecule has 0 heterocycles. The fourth-order valence-electron chi connectivity index (χ4n) is 2.93. The fourth-order valence-corrected chi connectivity index (χ4v) is 2.93. The Morgan fingerprint density at radius 2 is 1.91 bits per heavy atom. The van der Waals surface area contributed by atoms with E-state index in [1.54, 1.807) is 14.2 Å². The van der Waals surface area contributed by atoms with Crippen LogP contribution in [0.25, 0.3) is 0 Å². The lowest BCUT2D eigenvalue weighted by Crippen LogP contribution is -2.43. The average Bonchev–Trinajstić information content (AvgIpc) is 2.54. The van der Waals surface area contributed by atoms with Crippen molar-refractivity contribution in [2.24, 2.45) is 0 Å². The molecule has 2 N–H and O–H groups in total. The number of rotatable bonds is 5. The third-order valence-corrected chi connectivity index (χ3v) is 4.19. The van der Waals surface area contributed by atoms with Gasteiger partial charge in [0.1, 0.15) is 11.5 Å². The van der Waals surface area contributed by atoms with Crippen molar-refractivity contribution in [3.8, 4) is 11.5 Å². The molecule has 1 aromatic carbocycles. The Morgan fingerprint density at radius 1 is 1.18 bits per heavy atom. The molecule has 5 heteroatoms. The lowest BCUT2D eigenvalue weighted by molar-refractivity contribution is 0.229. The zero-order valence-corrected chi connectivity index (χ0v) is 13.6. The van der Waals surface area contributed by atoms with E-state index < -0.39 is 0 Å². The topological polar surface area (TPSA) is 59.6 Å². The summed E-state index contributed by atoms with van der Waals surface area (Å²) in [5.41, 5.74) is 0.903. The van der Waals surface area contributed by atoms with E-state index in [4.69, 9.17) is 9.47 Å². The van der Waals surface area contributed by atoms with Gasteiger partial charge in [0.2, 0.25) is 0 Å². The predicted octanol–water partition coefficient (Wildman–Crippen LogP) is 3.40. The van der Waals surface area contributed by atoms with E-state index in [0.29, 0.717) is 6.04 Å². The van der Waals surface area contributed by atoms with Gasteiger partial charge in [0.15, 0.2) is 0 Å². The highest BCUT2D eigenvalue weighted by Crippen LogP contribution is 2.29. The summed E-state index contributed by atoms with van der Waals surface area (Å²) in [5, 5.41) is 6.05. The summed E-state index contributed by atoms with van der Waals surface area (Å²) >= 11 is 0. The smallest absolute Gasteiger partial charge is 0.315 e. The van der Waals surface area contributed by atoms with E-state index in [1.807, 2.05) is 25.1 Å². The molecule has 0 unspecified atom stereocenters. The lowest BCUT2D eigenvalue weighted by atomic mass is 9.96. The summed E-state index contributed by atoms with van der Waals surface area (Å²) in [7, 11) is 3.25. The normalized spacial score (nSPS) is 16.7. The number of hydrogen-bond acceptors (Lipinski definition) is 3. The van der Waals surface area contributed by atoms with Crippen LogP contribution in [0.4, 0.5) is 4.79 Å². The number of amides is 2. The van der Waals surface area contributed by atoms with E-state index in [0.717, 1.165) is 29.9 Å². The second-order valence-electron chi connectivity index (χ2n) is 5.78. The van der Waals surface area contributed by atoms with Crippen LogP contribution in [0.15, 0.2) is 18.2 Å². The second kappa shape index (κ2) is 7.92. The molecule has 1 aromatic rings. The van der Waals surface area contributed by atoms with E-state index in [-0.39, 0.29) is 12.1 Å². The van der Waals surface area contributed by atoms with Gasteiger partial charge in [-0.1, -0.05) is 19.3 Å². The Kier molecular flexibility index (Phi) is 5.92. The van der Waals surface area contributed by atoms with Crippen LogP contribution in [0, 0.1) is 0 Å². The van der Waals surface area contributed by atoms with Gasteiger partial charge in [-0.3, -0.25) is 0 Å². The summed E-state index contributed by atoms with van der Waals surface area (Å²) in [6.45, 7) is 1.94. The molecule has 1 atom stereocenters. The van der Waals surface area contributed by atoms with Gasteiger partial charge >= 0.3 is 6.03 Å². The van der Waals surface area contributed by atoms with Crippen molar-refractivity contribution < 1.29 is 14.3 Å². The Morgan fingerprint density at radius 3 is 2.55 bits per heavy atom. The maximum Gasteiger partial charge on any atom is 0.315 e. The maximum atomic E-state index is 12.2. The number of ether oxygens (including phenoxy) is 2. The summed E-state index contributed by atoms with van der Waals surface area (Å²) in [6, 6.07) is 5.61. The van der Waals surface area contributed by atoms with Crippen molar-refractivity contribution in [3.63, 3.8) is 0 Å². The maximum absolute atomic E-state index is 12.2.